The molecule has 1 aromatic carbocycles. The summed E-state index contributed by atoms with van der Waals surface area (Å²) in [5.74, 6) is 2.29. The SMILES string of the molecule is CCNC(=NCCNC(=O)c1ccco1)N(C)Cc1ccc(OC)cc1OC.I. The van der Waals surface area contributed by atoms with E-state index < -0.39 is 0 Å². The van der Waals surface area contributed by atoms with Crippen molar-refractivity contribution < 1.29 is 18.7 Å². The number of hydrogen-bond acceptors (Lipinski definition) is 5. The van der Waals surface area contributed by atoms with Crippen LogP contribution in [0.4, 0.5) is 0 Å². The van der Waals surface area contributed by atoms with Gasteiger partial charge >= 0.3 is 0 Å². The number of carbonyl (C=O) groups excluding carboxylic acids is 1. The Morgan fingerprint density at radius 2 is 2.00 bits per heavy atom. The molecule has 29 heavy (non-hydrogen) atoms. The van der Waals surface area contributed by atoms with E-state index in [1.165, 1.54) is 6.26 Å². The summed E-state index contributed by atoms with van der Waals surface area (Å²) in [6.07, 6.45) is 1.47. The maximum Gasteiger partial charge on any atom is 0.287 e. The Morgan fingerprint density at radius 3 is 2.62 bits per heavy atom. The van der Waals surface area contributed by atoms with Gasteiger partial charge in [0.15, 0.2) is 11.7 Å². The number of guanidine groups is 1. The molecule has 0 aliphatic heterocycles. The summed E-state index contributed by atoms with van der Waals surface area (Å²) >= 11 is 0. The third-order valence-electron chi connectivity index (χ3n) is 4.00. The molecule has 0 saturated carbocycles. The van der Waals surface area contributed by atoms with Crippen molar-refractivity contribution in [2.75, 3.05) is 40.9 Å². The molecule has 9 heteroatoms. The molecule has 2 aromatic rings. The molecular formula is C20H29IN4O4. The minimum Gasteiger partial charge on any atom is -0.497 e. The van der Waals surface area contributed by atoms with Crippen LogP contribution in [0.2, 0.25) is 0 Å². The minimum atomic E-state index is -0.249. The average molecular weight is 516 g/mol. The van der Waals surface area contributed by atoms with Crippen molar-refractivity contribution in [3.05, 3.63) is 47.9 Å². The first-order valence-electron chi connectivity index (χ1n) is 9.11. The number of benzene rings is 1. The van der Waals surface area contributed by atoms with E-state index >= 15 is 0 Å². The summed E-state index contributed by atoms with van der Waals surface area (Å²) in [6.45, 7) is 4.21. The van der Waals surface area contributed by atoms with Gasteiger partial charge in [-0.25, -0.2) is 0 Å². The summed E-state index contributed by atoms with van der Waals surface area (Å²) in [5.41, 5.74) is 1.02. The van der Waals surface area contributed by atoms with Crippen molar-refractivity contribution in [1.29, 1.82) is 0 Å². The molecule has 0 bridgehead atoms. The van der Waals surface area contributed by atoms with E-state index in [-0.39, 0.29) is 29.9 Å². The second kappa shape index (κ2) is 12.9. The Bertz CT molecular complexity index is 781. The number of nitrogens with one attached hydrogen (secondary N) is 2. The monoisotopic (exact) mass is 516 g/mol. The first kappa shape index (κ1) is 24.6. The van der Waals surface area contributed by atoms with Crippen molar-refractivity contribution in [2.45, 2.75) is 13.5 Å². The standard InChI is InChI=1S/C20H28N4O4.HI/c1-5-21-20(23-11-10-22-19(25)17-7-6-12-28-17)24(2)14-15-8-9-16(26-3)13-18(15)27-4;/h6-9,12-13H,5,10-11,14H2,1-4H3,(H,21,23)(H,22,25);1H. The van der Waals surface area contributed by atoms with Gasteiger partial charge in [0.05, 0.1) is 27.0 Å². The summed E-state index contributed by atoms with van der Waals surface area (Å²) in [6, 6.07) is 9.04. The maximum atomic E-state index is 11.9. The lowest BCUT2D eigenvalue weighted by molar-refractivity contribution is 0.0927. The number of nitrogens with zero attached hydrogens (tertiary/aromatic N) is 2. The molecule has 0 aliphatic rings. The molecule has 0 fully saturated rings. The number of hydrogen-bond donors (Lipinski definition) is 2. The average Bonchev–Trinajstić information content (AvgIpc) is 3.25. The second-order valence-corrected chi connectivity index (χ2v) is 6.00. The van der Waals surface area contributed by atoms with Crippen LogP contribution in [0.3, 0.4) is 0 Å². The first-order chi connectivity index (χ1) is 13.6. The van der Waals surface area contributed by atoms with E-state index in [1.807, 2.05) is 37.1 Å². The van der Waals surface area contributed by atoms with Crippen LogP contribution in [0.25, 0.3) is 0 Å². The number of carbonyl (C=O) groups is 1. The highest BCUT2D eigenvalue weighted by Gasteiger charge is 2.12. The van der Waals surface area contributed by atoms with E-state index in [4.69, 9.17) is 13.9 Å². The van der Waals surface area contributed by atoms with Crippen LogP contribution in [0.1, 0.15) is 23.0 Å². The topological polar surface area (TPSA) is 88.3 Å². The smallest absolute Gasteiger partial charge is 0.287 e. The van der Waals surface area contributed by atoms with Gasteiger partial charge in [0.25, 0.3) is 5.91 Å². The van der Waals surface area contributed by atoms with Crippen LogP contribution in [0, 0.1) is 0 Å². The molecule has 160 valence electrons. The van der Waals surface area contributed by atoms with E-state index in [0.29, 0.717) is 25.4 Å². The van der Waals surface area contributed by atoms with Crippen molar-refractivity contribution in [3.63, 3.8) is 0 Å². The van der Waals surface area contributed by atoms with E-state index in [9.17, 15) is 4.79 Å². The normalized spacial score (nSPS) is 10.7. The summed E-state index contributed by atoms with van der Waals surface area (Å²) in [5, 5.41) is 6.04. The first-order valence-corrected chi connectivity index (χ1v) is 9.11. The zero-order chi connectivity index (χ0) is 20.4. The van der Waals surface area contributed by atoms with Gasteiger partial charge in [0.1, 0.15) is 11.5 Å². The molecular weight excluding hydrogens is 487 g/mol. The highest BCUT2D eigenvalue weighted by Crippen LogP contribution is 2.25. The molecule has 1 heterocycles. The molecule has 1 amide bonds. The molecule has 0 unspecified atom stereocenters. The maximum absolute atomic E-state index is 11.9. The van der Waals surface area contributed by atoms with E-state index in [2.05, 4.69) is 15.6 Å². The van der Waals surface area contributed by atoms with Crippen molar-refractivity contribution >= 4 is 35.8 Å². The third kappa shape index (κ3) is 7.48. The Labute approximate surface area is 188 Å². The molecule has 1 aromatic heterocycles. The molecule has 0 aliphatic carbocycles. The van der Waals surface area contributed by atoms with Gasteiger partial charge in [-0.3, -0.25) is 9.79 Å². The van der Waals surface area contributed by atoms with Crippen LogP contribution in [0.5, 0.6) is 11.5 Å². The largest absolute Gasteiger partial charge is 0.497 e. The number of furan rings is 1. The molecule has 0 spiro atoms. The Morgan fingerprint density at radius 1 is 1.21 bits per heavy atom. The molecule has 0 atom stereocenters. The summed E-state index contributed by atoms with van der Waals surface area (Å²) in [7, 11) is 5.22. The Kier molecular flexibility index (Phi) is 11.0. The van der Waals surface area contributed by atoms with Crippen LogP contribution in [0.15, 0.2) is 46.0 Å². The van der Waals surface area contributed by atoms with Gasteiger partial charge < -0.3 is 29.4 Å². The number of methoxy groups -OCH3 is 2. The fourth-order valence-electron chi connectivity index (χ4n) is 2.61. The summed E-state index contributed by atoms with van der Waals surface area (Å²) < 4.78 is 15.8. The lowest BCUT2D eigenvalue weighted by atomic mass is 10.2. The van der Waals surface area contributed by atoms with E-state index in [0.717, 1.165) is 29.6 Å². The lowest BCUT2D eigenvalue weighted by Crippen LogP contribution is -2.39. The predicted octanol–water partition coefficient (Wildman–Crippen LogP) is 2.74. The Balaban J connectivity index is 0.00000420. The van der Waals surface area contributed by atoms with Gasteiger partial charge in [-0.1, -0.05) is 0 Å². The van der Waals surface area contributed by atoms with Crippen molar-refractivity contribution in [2.24, 2.45) is 4.99 Å². The summed E-state index contributed by atoms with van der Waals surface area (Å²) in [4.78, 5) is 18.4. The van der Waals surface area contributed by atoms with E-state index in [1.54, 1.807) is 26.4 Å². The lowest BCUT2D eigenvalue weighted by Gasteiger charge is -2.23. The van der Waals surface area contributed by atoms with Gasteiger partial charge in [-0.2, -0.15) is 0 Å². The zero-order valence-corrected chi connectivity index (χ0v) is 19.6. The van der Waals surface area contributed by atoms with Crippen LogP contribution < -0.4 is 20.1 Å². The fourth-order valence-corrected chi connectivity index (χ4v) is 2.61. The van der Waals surface area contributed by atoms with Gasteiger partial charge in [-0.15, -0.1) is 24.0 Å². The predicted molar refractivity (Wildman–Crippen MR) is 123 cm³/mol. The highest BCUT2D eigenvalue weighted by molar-refractivity contribution is 14.0. The number of ether oxygens (including phenoxy) is 2. The van der Waals surface area contributed by atoms with Gasteiger partial charge in [0.2, 0.25) is 0 Å². The number of halogens is 1. The Hall–Kier alpha value is -2.43. The second-order valence-electron chi connectivity index (χ2n) is 6.00. The molecule has 2 N–H and O–H groups in total. The van der Waals surface area contributed by atoms with Crippen molar-refractivity contribution in [3.8, 4) is 11.5 Å². The van der Waals surface area contributed by atoms with Gasteiger partial charge in [0, 0.05) is 38.3 Å². The number of amides is 1. The number of rotatable bonds is 9. The van der Waals surface area contributed by atoms with Crippen LogP contribution in [-0.4, -0.2) is 57.7 Å². The fraction of sp³-hybridized carbons (Fsp3) is 0.400. The zero-order valence-electron chi connectivity index (χ0n) is 17.2. The van der Waals surface area contributed by atoms with Crippen molar-refractivity contribution in [1.82, 2.24) is 15.5 Å². The molecule has 2 rings (SSSR count). The molecule has 0 radical (unpaired) electrons. The minimum absolute atomic E-state index is 0. The third-order valence-corrected chi connectivity index (χ3v) is 4.00. The van der Waals surface area contributed by atoms with Gasteiger partial charge in [-0.05, 0) is 31.2 Å². The number of aliphatic imine (C=N–C) groups is 1. The highest BCUT2D eigenvalue weighted by atomic mass is 127. The molecule has 8 nitrogen and oxygen atoms in total. The molecule has 0 saturated heterocycles. The van der Waals surface area contributed by atoms with Crippen LogP contribution in [-0.2, 0) is 6.54 Å². The quantitative estimate of drug-likeness (QED) is 0.231. The van der Waals surface area contributed by atoms with Crippen LogP contribution >= 0.6 is 24.0 Å².